The van der Waals surface area contributed by atoms with E-state index in [1.165, 1.54) is 11.5 Å². The number of ketones is 1. The van der Waals surface area contributed by atoms with Crippen molar-refractivity contribution in [1.29, 1.82) is 0 Å². The molecule has 0 unspecified atom stereocenters. The maximum Gasteiger partial charge on any atom is 0.261 e. The summed E-state index contributed by atoms with van der Waals surface area (Å²) in [5.41, 5.74) is 1.28. The number of ether oxygens (including phenoxy) is 2. The Balaban J connectivity index is 2.65. The molecule has 5 heteroatoms. The second kappa shape index (κ2) is 5.83. The van der Waals surface area contributed by atoms with Crippen LogP contribution in [0.4, 0.5) is 0 Å². The summed E-state index contributed by atoms with van der Waals surface area (Å²) >= 11 is 0. The van der Waals surface area contributed by atoms with Crippen LogP contribution in [0.1, 0.15) is 17.3 Å². The highest BCUT2D eigenvalue weighted by molar-refractivity contribution is 5.94. The fourth-order valence-electron chi connectivity index (χ4n) is 2.18. The summed E-state index contributed by atoms with van der Waals surface area (Å²) in [6.07, 6.45) is 0. The molecule has 0 fully saturated rings. The maximum atomic E-state index is 12.2. The molecule has 1 aromatic heterocycles. The highest BCUT2D eigenvalue weighted by Gasteiger charge is 2.14. The maximum absolute atomic E-state index is 12.2. The molecule has 2 rings (SSSR count). The van der Waals surface area contributed by atoms with Crippen LogP contribution < -0.4 is 15.0 Å². The summed E-state index contributed by atoms with van der Waals surface area (Å²) in [6.45, 7) is 1.38. The zero-order chi connectivity index (χ0) is 15.6. The topological polar surface area (TPSA) is 57.5 Å². The molecule has 1 aromatic carbocycles. The number of pyridine rings is 1. The Bertz CT molecular complexity index is 746. The fourth-order valence-corrected chi connectivity index (χ4v) is 2.18. The van der Waals surface area contributed by atoms with Crippen molar-refractivity contribution in [3.63, 3.8) is 0 Å². The lowest BCUT2D eigenvalue weighted by Crippen LogP contribution is -2.24. The molecule has 0 bridgehead atoms. The largest absolute Gasteiger partial charge is 0.497 e. The fraction of sp³-hybridized carbons (Fsp3) is 0.250. The van der Waals surface area contributed by atoms with E-state index in [0.29, 0.717) is 17.2 Å². The van der Waals surface area contributed by atoms with Gasteiger partial charge in [0.25, 0.3) is 5.56 Å². The molecule has 0 saturated heterocycles. The van der Waals surface area contributed by atoms with Crippen molar-refractivity contribution in [2.45, 2.75) is 6.92 Å². The molecule has 0 aliphatic heterocycles. The van der Waals surface area contributed by atoms with Gasteiger partial charge >= 0.3 is 0 Å². The number of rotatable bonds is 4. The smallest absolute Gasteiger partial charge is 0.261 e. The molecule has 0 saturated carbocycles. The van der Waals surface area contributed by atoms with Crippen LogP contribution in [0.2, 0.25) is 0 Å². The number of benzene rings is 1. The van der Waals surface area contributed by atoms with Crippen LogP contribution >= 0.6 is 0 Å². The summed E-state index contributed by atoms with van der Waals surface area (Å²) in [7, 11) is 4.76. The number of carbonyl (C=O) groups is 1. The Labute approximate surface area is 122 Å². The minimum atomic E-state index is -0.321. The number of aromatic nitrogens is 1. The Morgan fingerprint density at radius 2 is 1.81 bits per heavy atom. The van der Waals surface area contributed by atoms with Crippen LogP contribution in [-0.4, -0.2) is 24.6 Å². The summed E-state index contributed by atoms with van der Waals surface area (Å²) in [5, 5.41) is 0. The van der Waals surface area contributed by atoms with Gasteiger partial charge < -0.3 is 14.0 Å². The van der Waals surface area contributed by atoms with Gasteiger partial charge in [0.1, 0.15) is 11.5 Å². The van der Waals surface area contributed by atoms with E-state index in [0.717, 1.165) is 5.56 Å². The molecule has 21 heavy (non-hydrogen) atoms. The average molecular weight is 287 g/mol. The van der Waals surface area contributed by atoms with Crippen LogP contribution in [0.3, 0.4) is 0 Å². The predicted molar refractivity (Wildman–Crippen MR) is 80.2 cm³/mol. The average Bonchev–Trinajstić information content (AvgIpc) is 2.49. The third-order valence-corrected chi connectivity index (χ3v) is 3.37. The third kappa shape index (κ3) is 2.67. The lowest BCUT2D eigenvalue weighted by atomic mass is 10.1. The van der Waals surface area contributed by atoms with Crippen LogP contribution in [0, 0.1) is 0 Å². The van der Waals surface area contributed by atoms with Gasteiger partial charge in [-0.25, -0.2) is 0 Å². The van der Waals surface area contributed by atoms with E-state index in [4.69, 9.17) is 9.47 Å². The van der Waals surface area contributed by atoms with Crippen LogP contribution in [0.5, 0.6) is 11.5 Å². The van der Waals surface area contributed by atoms with Crippen molar-refractivity contribution >= 4 is 5.78 Å². The molecule has 0 N–H and O–H groups in total. The lowest BCUT2D eigenvalue weighted by molar-refractivity contribution is 0.101. The first-order valence-electron chi connectivity index (χ1n) is 6.43. The molecule has 0 radical (unpaired) electrons. The minimum absolute atomic E-state index is 0.175. The summed E-state index contributed by atoms with van der Waals surface area (Å²) in [4.78, 5) is 23.6. The van der Waals surface area contributed by atoms with Gasteiger partial charge in [0.05, 0.1) is 25.5 Å². The van der Waals surface area contributed by atoms with E-state index in [9.17, 15) is 9.59 Å². The van der Waals surface area contributed by atoms with Gasteiger partial charge in [0.2, 0.25) is 0 Å². The Hall–Kier alpha value is -2.56. The van der Waals surface area contributed by atoms with Gasteiger partial charge in [-0.2, -0.15) is 0 Å². The minimum Gasteiger partial charge on any atom is -0.497 e. The number of carbonyl (C=O) groups excluding carboxylic acids is 1. The third-order valence-electron chi connectivity index (χ3n) is 3.37. The summed E-state index contributed by atoms with van der Waals surface area (Å²) in [6, 6.07) is 8.64. The van der Waals surface area contributed by atoms with Crippen LogP contribution in [0.15, 0.2) is 35.1 Å². The van der Waals surface area contributed by atoms with Crippen molar-refractivity contribution in [3.8, 4) is 22.8 Å². The van der Waals surface area contributed by atoms with Crippen molar-refractivity contribution in [2.24, 2.45) is 7.05 Å². The van der Waals surface area contributed by atoms with E-state index in [1.54, 1.807) is 45.5 Å². The van der Waals surface area contributed by atoms with Gasteiger partial charge in [0, 0.05) is 18.7 Å². The molecule has 0 aliphatic rings. The number of hydrogen-bond acceptors (Lipinski definition) is 4. The number of nitrogens with zero attached hydrogens (tertiary/aromatic N) is 1. The number of hydrogen-bond donors (Lipinski definition) is 0. The van der Waals surface area contributed by atoms with Crippen molar-refractivity contribution < 1.29 is 14.3 Å². The second-order valence-electron chi connectivity index (χ2n) is 4.62. The van der Waals surface area contributed by atoms with E-state index < -0.39 is 0 Å². The van der Waals surface area contributed by atoms with E-state index in [1.807, 2.05) is 6.07 Å². The monoisotopic (exact) mass is 287 g/mol. The molecule has 2 aromatic rings. The SMILES string of the molecule is COc1ccc(-c2ccc(C(C)=O)c(=O)n2C)c(OC)c1. The number of methoxy groups -OCH3 is 2. The highest BCUT2D eigenvalue weighted by Crippen LogP contribution is 2.32. The normalized spacial score (nSPS) is 10.3. The molecular formula is C16H17NO4. The second-order valence-corrected chi connectivity index (χ2v) is 4.62. The van der Waals surface area contributed by atoms with Gasteiger partial charge in [0.15, 0.2) is 5.78 Å². The van der Waals surface area contributed by atoms with E-state index in [-0.39, 0.29) is 16.9 Å². The van der Waals surface area contributed by atoms with Gasteiger partial charge in [-0.1, -0.05) is 0 Å². The highest BCUT2D eigenvalue weighted by atomic mass is 16.5. The van der Waals surface area contributed by atoms with E-state index >= 15 is 0 Å². The van der Waals surface area contributed by atoms with Crippen molar-refractivity contribution in [1.82, 2.24) is 4.57 Å². The first-order chi connectivity index (χ1) is 9.99. The molecule has 1 heterocycles. The molecule has 0 aliphatic carbocycles. The Morgan fingerprint density at radius 1 is 1.10 bits per heavy atom. The standard InChI is InChI=1S/C16H17NO4/c1-10(18)12-7-8-14(17(2)16(12)19)13-6-5-11(20-3)9-15(13)21-4/h5-9H,1-4H3. The van der Waals surface area contributed by atoms with Crippen LogP contribution in [0.25, 0.3) is 11.3 Å². The summed E-state index contributed by atoms with van der Waals surface area (Å²) < 4.78 is 12.0. The first-order valence-corrected chi connectivity index (χ1v) is 6.43. The van der Waals surface area contributed by atoms with Gasteiger partial charge in [-0.15, -0.1) is 0 Å². The molecule has 110 valence electrons. The van der Waals surface area contributed by atoms with Gasteiger partial charge in [-0.05, 0) is 31.2 Å². The molecular weight excluding hydrogens is 270 g/mol. The van der Waals surface area contributed by atoms with Crippen molar-refractivity contribution in [3.05, 3.63) is 46.2 Å². The molecule has 0 spiro atoms. The van der Waals surface area contributed by atoms with Gasteiger partial charge in [-0.3, -0.25) is 9.59 Å². The van der Waals surface area contributed by atoms with E-state index in [2.05, 4.69) is 0 Å². The molecule has 0 amide bonds. The lowest BCUT2D eigenvalue weighted by Gasteiger charge is -2.14. The zero-order valence-electron chi connectivity index (χ0n) is 12.5. The number of Topliss-reactive ketones (excluding diaryl/α,β-unsaturated/α-hetero) is 1. The molecule has 5 nitrogen and oxygen atoms in total. The Kier molecular flexibility index (Phi) is 4.12. The first kappa shape index (κ1) is 14.8. The Morgan fingerprint density at radius 3 is 2.38 bits per heavy atom. The van der Waals surface area contributed by atoms with Crippen molar-refractivity contribution in [2.75, 3.05) is 14.2 Å². The zero-order valence-corrected chi connectivity index (χ0v) is 12.5. The predicted octanol–water partition coefficient (Wildman–Crippen LogP) is 2.27. The van der Waals surface area contributed by atoms with Crippen LogP contribution in [-0.2, 0) is 7.05 Å². The summed E-state index contributed by atoms with van der Waals surface area (Å²) in [5.74, 6) is 1.02. The quantitative estimate of drug-likeness (QED) is 0.809. The molecule has 0 atom stereocenters.